The molecule has 24 heavy (non-hydrogen) atoms. The lowest BCUT2D eigenvalue weighted by Crippen LogP contribution is -2.85. The van der Waals surface area contributed by atoms with Crippen LogP contribution in [0.3, 0.4) is 0 Å². The third-order valence-electron chi connectivity index (χ3n) is 4.83. The second kappa shape index (κ2) is 6.21. The fourth-order valence-electron chi connectivity index (χ4n) is 3.80. The Bertz CT molecular complexity index is 792. The van der Waals surface area contributed by atoms with Gasteiger partial charge in [0.05, 0.1) is 6.20 Å². The normalized spacial score (nSPS) is 11.3. The predicted octanol–water partition coefficient (Wildman–Crippen LogP) is 1.82. The molecule has 0 saturated carbocycles. The summed E-state index contributed by atoms with van der Waals surface area (Å²) < 4.78 is 2.24. The molecule has 0 bridgehead atoms. The molecule has 0 amide bonds. The van der Waals surface area contributed by atoms with E-state index in [1.807, 2.05) is 12.3 Å². The lowest BCUT2D eigenvalue weighted by atomic mass is 9.24. The van der Waals surface area contributed by atoms with Crippen LogP contribution in [-0.4, -0.2) is 11.4 Å². The molecule has 0 radical (unpaired) electrons. The van der Waals surface area contributed by atoms with Crippen LogP contribution in [0.25, 0.3) is 0 Å². The molecule has 0 aliphatic rings. The minimum Gasteiger partial charge on any atom is -0.322 e. The maximum Gasteiger partial charge on any atom is 0.382 e. The second-order valence-electron chi connectivity index (χ2n) is 6.10. The molecule has 2 nitrogen and oxygen atoms in total. The van der Waals surface area contributed by atoms with Crippen LogP contribution in [0.2, 0.25) is 0 Å². The van der Waals surface area contributed by atoms with Gasteiger partial charge in [0.1, 0.15) is 6.20 Å². The molecule has 0 fully saturated rings. The highest BCUT2D eigenvalue weighted by molar-refractivity contribution is 7.05. The van der Waals surface area contributed by atoms with Gasteiger partial charge in [-0.25, -0.2) is 5.10 Å². The zero-order valence-corrected chi connectivity index (χ0v) is 13.4. The van der Waals surface area contributed by atoms with Gasteiger partial charge in [-0.1, -0.05) is 91.0 Å². The van der Waals surface area contributed by atoms with Crippen LogP contribution in [0.5, 0.6) is 0 Å². The maximum atomic E-state index is 3.42. The minimum atomic E-state index is -1.31. The fraction of sp³-hybridized carbons (Fsp3) is 0. The summed E-state index contributed by atoms with van der Waals surface area (Å²) in [7, 11) is 0. The molecule has 0 aliphatic heterocycles. The summed E-state index contributed by atoms with van der Waals surface area (Å²) >= 11 is 0. The predicted molar refractivity (Wildman–Crippen MR) is 100 cm³/mol. The quantitative estimate of drug-likeness (QED) is 0.555. The molecule has 1 heterocycles. The van der Waals surface area contributed by atoms with Gasteiger partial charge in [-0.2, -0.15) is 0 Å². The maximum absolute atomic E-state index is 3.42. The first-order chi connectivity index (χ1) is 11.9. The summed E-state index contributed by atoms with van der Waals surface area (Å²) in [5.41, 5.74) is 3.84. The summed E-state index contributed by atoms with van der Waals surface area (Å²) in [5.74, 6) is 0. The standard InChI is InChI=1S/C21H19BN2/c1-4-11-19(12-5-1)22(24-18-10-17-23-24,20-13-6-2-7-14-20)21-15-8-3-9-16-21/h1-18,23H. The van der Waals surface area contributed by atoms with Crippen molar-refractivity contribution in [2.75, 3.05) is 0 Å². The van der Waals surface area contributed by atoms with Gasteiger partial charge >= 0.3 is 6.28 Å². The van der Waals surface area contributed by atoms with Crippen molar-refractivity contribution in [1.29, 1.82) is 0 Å². The van der Waals surface area contributed by atoms with Crippen molar-refractivity contribution in [1.82, 2.24) is 5.10 Å². The van der Waals surface area contributed by atoms with E-state index >= 15 is 0 Å². The SMILES string of the molecule is c1ccc([B-](c2ccccc2)(c2ccccc2)[n+]2ccc[nH]2)cc1. The Balaban J connectivity index is 2.12. The van der Waals surface area contributed by atoms with Gasteiger partial charge in [0, 0.05) is 6.07 Å². The lowest BCUT2D eigenvalue weighted by Gasteiger charge is -2.34. The Morgan fingerprint density at radius 1 is 0.542 bits per heavy atom. The highest BCUT2D eigenvalue weighted by atomic mass is 15.2. The molecule has 0 unspecified atom stereocenters. The third-order valence-corrected chi connectivity index (χ3v) is 4.83. The number of benzene rings is 3. The summed E-state index contributed by atoms with van der Waals surface area (Å²) in [5, 5.41) is 3.42. The molecule has 3 aromatic carbocycles. The molecule has 1 aromatic heterocycles. The highest BCUT2D eigenvalue weighted by Gasteiger charge is 2.43. The van der Waals surface area contributed by atoms with Gasteiger partial charge in [-0.3, -0.25) is 0 Å². The number of rotatable bonds is 4. The molecule has 0 atom stereocenters. The topological polar surface area (TPSA) is 19.7 Å². The zero-order valence-electron chi connectivity index (χ0n) is 13.4. The van der Waals surface area contributed by atoms with E-state index < -0.39 is 6.28 Å². The van der Waals surface area contributed by atoms with Crippen LogP contribution in [0.15, 0.2) is 109 Å². The van der Waals surface area contributed by atoms with Gasteiger partial charge in [-0.05, 0) is 0 Å². The van der Waals surface area contributed by atoms with Crippen molar-refractivity contribution in [3.05, 3.63) is 109 Å². The first kappa shape index (κ1) is 14.5. The Labute approximate surface area is 142 Å². The lowest BCUT2D eigenvalue weighted by molar-refractivity contribution is -0.602. The van der Waals surface area contributed by atoms with Crippen LogP contribution in [-0.2, 0) is 0 Å². The second-order valence-corrected chi connectivity index (χ2v) is 6.10. The number of hydrogen-bond donors (Lipinski definition) is 1. The van der Waals surface area contributed by atoms with Crippen molar-refractivity contribution in [2.24, 2.45) is 0 Å². The van der Waals surface area contributed by atoms with Gasteiger partial charge < -0.3 is 4.59 Å². The third kappa shape index (κ3) is 2.26. The van der Waals surface area contributed by atoms with Crippen LogP contribution in [0.1, 0.15) is 0 Å². The number of hydrogen-bond acceptors (Lipinski definition) is 0. The van der Waals surface area contributed by atoms with Crippen molar-refractivity contribution in [2.45, 2.75) is 0 Å². The molecule has 3 heteroatoms. The monoisotopic (exact) mass is 310 g/mol. The molecule has 116 valence electrons. The van der Waals surface area contributed by atoms with Crippen LogP contribution in [0.4, 0.5) is 0 Å². The zero-order chi connectivity index (χ0) is 16.2. The van der Waals surface area contributed by atoms with Gasteiger partial charge in [-0.15, -0.1) is 16.4 Å². The highest BCUT2D eigenvalue weighted by Crippen LogP contribution is 2.04. The van der Waals surface area contributed by atoms with Crippen LogP contribution in [0, 0.1) is 0 Å². The summed E-state index contributed by atoms with van der Waals surface area (Å²) in [6, 6.07) is 34.2. The van der Waals surface area contributed by atoms with Crippen LogP contribution >= 0.6 is 0 Å². The van der Waals surface area contributed by atoms with Crippen molar-refractivity contribution in [3.63, 3.8) is 0 Å². The molecule has 0 aliphatic carbocycles. The number of aromatic amines is 1. The Hall–Kier alpha value is -3.07. The van der Waals surface area contributed by atoms with E-state index in [2.05, 4.69) is 107 Å². The minimum absolute atomic E-state index is 1.28. The first-order valence-electron chi connectivity index (χ1n) is 8.29. The molecule has 0 spiro atoms. The Morgan fingerprint density at radius 3 is 1.29 bits per heavy atom. The fourth-order valence-corrected chi connectivity index (χ4v) is 3.80. The Morgan fingerprint density at radius 2 is 0.958 bits per heavy atom. The van der Waals surface area contributed by atoms with E-state index in [0.717, 1.165) is 0 Å². The van der Waals surface area contributed by atoms with E-state index in [1.165, 1.54) is 16.4 Å². The van der Waals surface area contributed by atoms with Crippen molar-refractivity contribution < 1.29 is 4.59 Å². The number of nitrogens with zero attached hydrogens (tertiary/aromatic N) is 1. The largest absolute Gasteiger partial charge is 0.382 e. The smallest absolute Gasteiger partial charge is 0.322 e. The van der Waals surface area contributed by atoms with E-state index in [-0.39, 0.29) is 0 Å². The Kier molecular flexibility index (Phi) is 3.76. The van der Waals surface area contributed by atoms with Gasteiger partial charge in [0.2, 0.25) is 0 Å². The van der Waals surface area contributed by atoms with E-state index in [4.69, 9.17) is 0 Å². The molecule has 4 rings (SSSR count). The average Bonchev–Trinajstić information content (AvgIpc) is 3.20. The van der Waals surface area contributed by atoms with Gasteiger partial charge in [0.25, 0.3) is 0 Å². The van der Waals surface area contributed by atoms with Crippen molar-refractivity contribution >= 4 is 22.7 Å². The molecular weight excluding hydrogens is 291 g/mol. The molecule has 4 aromatic rings. The average molecular weight is 310 g/mol. The molecule has 0 saturated heterocycles. The van der Waals surface area contributed by atoms with E-state index in [9.17, 15) is 0 Å². The number of aromatic nitrogens is 2. The first-order valence-corrected chi connectivity index (χ1v) is 8.29. The van der Waals surface area contributed by atoms with Crippen molar-refractivity contribution in [3.8, 4) is 0 Å². The van der Waals surface area contributed by atoms with Gasteiger partial charge in [0.15, 0.2) is 0 Å². The summed E-state index contributed by atoms with van der Waals surface area (Å²) in [6.07, 6.45) is 2.78. The molecular formula is C21H19BN2. The van der Waals surface area contributed by atoms with Crippen LogP contribution < -0.4 is 21.0 Å². The summed E-state index contributed by atoms with van der Waals surface area (Å²) in [4.78, 5) is 0. The summed E-state index contributed by atoms with van der Waals surface area (Å²) in [6.45, 7) is 0. The number of nitrogens with one attached hydrogen (secondary N) is 1. The molecule has 1 N–H and O–H groups in total. The number of H-pyrrole nitrogens is 1. The van der Waals surface area contributed by atoms with E-state index in [0.29, 0.717) is 0 Å². The van der Waals surface area contributed by atoms with E-state index in [1.54, 1.807) is 0 Å².